The van der Waals surface area contributed by atoms with Gasteiger partial charge in [-0.15, -0.1) is 0 Å². The van der Waals surface area contributed by atoms with Gasteiger partial charge in [-0.2, -0.15) is 0 Å². The van der Waals surface area contributed by atoms with E-state index in [9.17, 15) is 9.59 Å². The lowest BCUT2D eigenvalue weighted by atomic mass is 9.90. The number of nitrogens with one attached hydrogen (secondary N) is 1. The highest BCUT2D eigenvalue weighted by molar-refractivity contribution is 6.30. The van der Waals surface area contributed by atoms with Crippen LogP contribution in [0.5, 0.6) is 5.75 Å². The second kappa shape index (κ2) is 6.06. The van der Waals surface area contributed by atoms with Crippen LogP contribution >= 0.6 is 11.6 Å². The topological polar surface area (TPSA) is 67.9 Å². The first-order valence-corrected chi connectivity index (χ1v) is 8.16. The summed E-state index contributed by atoms with van der Waals surface area (Å²) in [6.07, 6.45) is -0.838. The van der Waals surface area contributed by atoms with E-state index in [2.05, 4.69) is 5.32 Å². The Kier molecular flexibility index (Phi) is 3.86. The molecule has 25 heavy (non-hydrogen) atoms. The summed E-state index contributed by atoms with van der Waals surface area (Å²) in [5.74, 6) is -0.641. The number of anilines is 1. The van der Waals surface area contributed by atoms with Crippen molar-refractivity contribution in [3.8, 4) is 5.75 Å². The maximum absolute atomic E-state index is 12.3. The Morgan fingerprint density at radius 2 is 1.72 bits per heavy atom. The molecule has 2 heterocycles. The molecule has 0 radical (unpaired) electrons. The van der Waals surface area contributed by atoms with Crippen molar-refractivity contribution in [1.82, 2.24) is 5.32 Å². The van der Waals surface area contributed by atoms with E-state index >= 15 is 0 Å². The van der Waals surface area contributed by atoms with Crippen molar-refractivity contribution in [3.05, 3.63) is 59.1 Å². The molecule has 3 atom stereocenters. The molecule has 128 valence electrons. The Morgan fingerprint density at radius 3 is 2.36 bits per heavy atom. The van der Waals surface area contributed by atoms with Gasteiger partial charge in [-0.05, 0) is 42.0 Å². The van der Waals surface area contributed by atoms with Crippen LogP contribution < -0.4 is 15.1 Å². The monoisotopic (exact) mass is 358 g/mol. The number of rotatable bonds is 3. The van der Waals surface area contributed by atoms with Gasteiger partial charge < -0.3 is 4.74 Å². The fourth-order valence-corrected chi connectivity index (χ4v) is 3.41. The van der Waals surface area contributed by atoms with Gasteiger partial charge in [-0.1, -0.05) is 23.7 Å². The highest BCUT2D eigenvalue weighted by Gasteiger charge is 2.56. The molecular formula is C18H15ClN2O4. The lowest BCUT2D eigenvalue weighted by Gasteiger charge is -2.27. The van der Waals surface area contributed by atoms with Crippen LogP contribution in [-0.2, 0) is 14.4 Å². The minimum atomic E-state index is -0.838. The summed E-state index contributed by atoms with van der Waals surface area (Å²) in [4.78, 5) is 30.2. The molecule has 0 aromatic heterocycles. The average Bonchev–Trinajstić information content (AvgIpc) is 3.14. The van der Waals surface area contributed by atoms with Crippen LogP contribution in [0.3, 0.4) is 0 Å². The van der Waals surface area contributed by atoms with Gasteiger partial charge in [0.1, 0.15) is 11.7 Å². The van der Waals surface area contributed by atoms with E-state index < -0.39 is 24.0 Å². The number of nitrogens with zero attached hydrogens (tertiary/aromatic N) is 1. The zero-order valence-corrected chi connectivity index (χ0v) is 14.1. The molecule has 0 bridgehead atoms. The highest BCUT2D eigenvalue weighted by atomic mass is 35.5. The summed E-state index contributed by atoms with van der Waals surface area (Å²) >= 11 is 5.96. The van der Waals surface area contributed by atoms with E-state index in [1.54, 1.807) is 36.4 Å². The molecule has 2 aliphatic heterocycles. The minimum Gasteiger partial charge on any atom is -0.497 e. The molecule has 2 aromatic carbocycles. The first kappa shape index (κ1) is 15.9. The second-order valence-electron chi connectivity index (χ2n) is 5.93. The van der Waals surface area contributed by atoms with Crippen molar-refractivity contribution in [2.45, 2.75) is 12.1 Å². The van der Waals surface area contributed by atoms with Crippen LogP contribution in [-0.4, -0.2) is 25.0 Å². The van der Waals surface area contributed by atoms with Crippen LogP contribution in [0.2, 0.25) is 5.02 Å². The molecule has 2 aromatic rings. The predicted octanol–water partition coefficient (Wildman–Crippen LogP) is 2.48. The lowest BCUT2D eigenvalue weighted by Crippen LogP contribution is -2.33. The van der Waals surface area contributed by atoms with Crippen molar-refractivity contribution in [2.24, 2.45) is 5.92 Å². The van der Waals surface area contributed by atoms with Crippen molar-refractivity contribution in [1.29, 1.82) is 0 Å². The number of benzene rings is 2. The summed E-state index contributed by atoms with van der Waals surface area (Å²) in [6, 6.07) is 14.0. The number of carbonyl (C=O) groups excluding carboxylic acids is 2. The maximum Gasteiger partial charge on any atom is 0.259 e. The van der Waals surface area contributed by atoms with Crippen LogP contribution in [0.25, 0.3) is 0 Å². The molecular weight excluding hydrogens is 344 g/mol. The largest absolute Gasteiger partial charge is 0.497 e. The summed E-state index contributed by atoms with van der Waals surface area (Å²) in [5.41, 5.74) is 1.58. The lowest BCUT2D eigenvalue weighted by molar-refractivity contribution is -0.129. The Labute approximate surface area is 149 Å². The number of hydrogen-bond donors (Lipinski definition) is 1. The smallest absolute Gasteiger partial charge is 0.259 e. The van der Waals surface area contributed by atoms with Crippen molar-refractivity contribution in [2.75, 3.05) is 12.2 Å². The minimum absolute atomic E-state index is 0.327. The first-order chi connectivity index (χ1) is 12.1. The van der Waals surface area contributed by atoms with E-state index in [0.717, 1.165) is 11.3 Å². The highest BCUT2D eigenvalue weighted by Crippen LogP contribution is 2.44. The van der Waals surface area contributed by atoms with Gasteiger partial charge in [0.25, 0.3) is 5.91 Å². The van der Waals surface area contributed by atoms with E-state index in [1.807, 2.05) is 24.3 Å². The number of hydrogen-bond acceptors (Lipinski definition) is 5. The molecule has 1 N–H and O–H groups in total. The Morgan fingerprint density at radius 1 is 1.04 bits per heavy atom. The molecule has 6 nitrogen and oxygen atoms in total. The maximum atomic E-state index is 12.3. The number of ether oxygens (including phenoxy) is 1. The number of methoxy groups -OCH3 is 1. The first-order valence-electron chi connectivity index (χ1n) is 7.79. The molecule has 0 unspecified atom stereocenters. The molecule has 4 rings (SSSR count). The van der Waals surface area contributed by atoms with Gasteiger partial charge >= 0.3 is 0 Å². The second-order valence-corrected chi connectivity index (χ2v) is 6.36. The predicted molar refractivity (Wildman–Crippen MR) is 91.2 cm³/mol. The van der Waals surface area contributed by atoms with Crippen LogP contribution in [0.4, 0.5) is 5.69 Å². The molecule has 2 saturated heterocycles. The van der Waals surface area contributed by atoms with Gasteiger partial charge in [0.2, 0.25) is 5.91 Å². The molecule has 7 heteroatoms. The van der Waals surface area contributed by atoms with Crippen LogP contribution in [0.15, 0.2) is 48.5 Å². The summed E-state index contributed by atoms with van der Waals surface area (Å²) < 4.78 is 5.19. The number of amides is 2. The molecule has 0 spiro atoms. The molecule has 0 aliphatic carbocycles. The summed E-state index contributed by atoms with van der Waals surface area (Å²) in [5, 5.41) is 4.56. The molecule has 2 aliphatic rings. The van der Waals surface area contributed by atoms with Gasteiger partial charge in [0, 0.05) is 5.02 Å². The van der Waals surface area contributed by atoms with Crippen molar-refractivity contribution in [3.63, 3.8) is 0 Å². The van der Waals surface area contributed by atoms with Crippen LogP contribution in [0, 0.1) is 5.92 Å². The number of halogens is 1. The normalized spacial score (nSPS) is 25.0. The van der Waals surface area contributed by atoms with E-state index in [4.69, 9.17) is 21.2 Å². The van der Waals surface area contributed by atoms with Crippen molar-refractivity contribution >= 4 is 29.1 Å². The molecule has 2 amide bonds. The van der Waals surface area contributed by atoms with Gasteiger partial charge in [0.05, 0.1) is 18.8 Å². The Bertz CT molecular complexity index is 822. The molecule has 2 fully saturated rings. The molecule has 0 saturated carbocycles. The van der Waals surface area contributed by atoms with E-state index in [1.165, 1.54) is 0 Å². The third-order valence-electron chi connectivity index (χ3n) is 4.49. The standard InChI is InChI=1S/C18H15ClN2O4/c1-24-13-8-2-10(3-9-13)15-14-16(18(23)20-17(14)22)25-21(15)12-6-4-11(19)5-7-12/h2-9,14-16H,1H3,(H,20,22,23)/t14-,15-,16-/m0/s1. The van der Waals surface area contributed by atoms with Crippen molar-refractivity contribution < 1.29 is 19.2 Å². The number of fused-ring (bicyclic) bond motifs is 1. The van der Waals surface area contributed by atoms with E-state index in [0.29, 0.717) is 10.8 Å². The number of hydroxylamine groups is 1. The van der Waals surface area contributed by atoms with Gasteiger partial charge in [-0.3, -0.25) is 19.7 Å². The fourth-order valence-electron chi connectivity index (χ4n) is 3.29. The quantitative estimate of drug-likeness (QED) is 0.854. The zero-order valence-electron chi connectivity index (χ0n) is 13.3. The average molecular weight is 359 g/mol. The van der Waals surface area contributed by atoms with Crippen LogP contribution in [0.1, 0.15) is 11.6 Å². The van der Waals surface area contributed by atoms with Gasteiger partial charge in [-0.25, -0.2) is 5.06 Å². The Hall–Kier alpha value is -2.57. The summed E-state index contributed by atoms with van der Waals surface area (Å²) in [7, 11) is 1.59. The third-order valence-corrected chi connectivity index (χ3v) is 4.74. The number of imide groups is 1. The fraction of sp³-hybridized carbons (Fsp3) is 0.222. The van der Waals surface area contributed by atoms with E-state index in [-0.39, 0.29) is 5.91 Å². The Balaban J connectivity index is 1.77. The third kappa shape index (κ3) is 2.63. The zero-order chi connectivity index (χ0) is 17.6. The summed E-state index contributed by atoms with van der Waals surface area (Å²) in [6.45, 7) is 0. The SMILES string of the molecule is COc1ccc([C@H]2[C@@H]3C(=O)NC(=O)[C@H]3ON2c2ccc(Cl)cc2)cc1. The van der Waals surface area contributed by atoms with Gasteiger partial charge in [0.15, 0.2) is 6.10 Å². The number of carbonyl (C=O) groups is 2.